The maximum Gasteiger partial charge on any atom is 0.331 e. The lowest BCUT2D eigenvalue weighted by Gasteiger charge is -2.34. The largest absolute Gasteiger partial charge is 0.469 e. The van der Waals surface area contributed by atoms with Crippen LogP contribution in [0.15, 0.2) is 0 Å². The molecule has 0 aromatic rings. The number of unbranched alkanes of at least 4 members (excludes halogenated alkanes) is 2. The van der Waals surface area contributed by atoms with Crippen LogP contribution in [0.5, 0.6) is 0 Å². The smallest absolute Gasteiger partial charge is 0.331 e. The third-order valence-corrected chi connectivity index (χ3v) is 5.54. The molecule has 0 bridgehead atoms. The fourth-order valence-electron chi connectivity index (χ4n) is 2.26. The van der Waals surface area contributed by atoms with Crippen LogP contribution in [0.25, 0.3) is 0 Å². The first kappa shape index (κ1) is 18.6. The van der Waals surface area contributed by atoms with Crippen LogP contribution in [-0.2, 0) is 14.1 Å². The predicted molar refractivity (Wildman–Crippen MR) is 75.1 cm³/mol. The van der Waals surface area contributed by atoms with Crippen molar-refractivity contribution in [1.82, 2.24) is 0 Å². The Morgan fingerprint density at radius 3 is 1.89 bits per heavy atom. The third kappa shape index (κ3) is 6.07. The van der Waals surface area contributed by atoms with E-state index in [0.29, 0.717) is 12.8 Å². The zero-order valence-corrected chi connectivity index (χ0v) is 13.1. The minimum atomic E-state index is -4.24. The first-order valence-corrected chi connectivity index (χ1v) is 8.56. The highest BCUT2D eigenvalue weighted by Gasteiger charge is 2.45. The number of carbonyl (C=O) groups excluding carboxylic acids is 1. The van der Waals surface area contributed by atoms with E-state index < -0.39 is 18.7 Å². The van der Waals surface area contributed by atoms with Crippen molar-refractivity contribution in [2.45, 2.75) is 70.4 Å². The van der Waals surface area contributed by atoms with Crippen molar-refractivity contribution in [3.8, 4) is 0 Å². The molecule has 0 amide bonds. The van der Waals surface area contributed by atoms with E-state index in [2.05, 4.69) is 4.74 Å². The van der Waals surface area contributed by atoms with Gasteiger partial charge in [0.25, 0.3) is 0 Å². The van der Waals surface area contributed by atoms with Crippen LogP contribution >= 0.6 is 7.60 Å². The Labute approximate surface area is 115 Å². The topological polar surface area (TPSA) is 83.8 Å². The Morgan fingerprint density at radius 1 is 1.11 bits per heavy atom. The standard InChI is InChI=1S/C13H27O5P/c1-4-6-9-13(10-7-5-2,19(15,16)17)11-8-12(14)18-3/h4-11H2,1-3H3,(H2,15,16,17). The summed E-state index contributed by atoms with van der Waals surface area (Å²) in [6.07, 6.45) is 4.47. The quantitative estimate of drug-likeness (QED) is 0.477. The molecule has 0 saturated heterocycles. The summed E-state index contributed by atoms with van der Waals surface area (Å²) in [6, 6.07) is 0. The van der Waals surface area contributed by atoms with E-state index in [1.165, 1.54) is 7.11 Å². The fourth-order valence-corrected chi connectivity index (χ4v) is 3.56. The van der Waals surface area contributed by atoms with Crippen molar-refractivity contribution in [3.63, 3.8) is 0 Å². The first-order chi connectivity index (χ1) is 8.83. The van der Waals surface area contributed by atoms with Gasteiger partial charge in [-0.15, -0.1) is 0 Å². The van der Waals surface area contributed by atoms with Gasteiger partial charge in [-0.05, 0) is 19.3 Å². The molecule has 0 saturated carbocycles. The monoisotopic (exact) mass is 294 g/mol. The minimum Gasteiger partial charge on any atom is -0.469 e. The maximum atomic E-state index is 11.9. The van der Waals surface area contributed by atoms with Gasteiger partial charge in [0.1, 0.15) is 0 Å². The normalized spacial score (nSPS) is 12.5. The predicted octanol–water partition coefficient (Wildman–Crippen LogP) is 3.24. The average Bonchev–Trinajstić information content (AvgIpc) is 2.36. The molecule has 0 unspecified atom stereocenters. The van der Waals surface area contributed by atoms with E-state index in [1.807, 2.05) is 13.8 Å². The molecule has 5 nitrogen and oxygen atoms in total. The Morgan fingerprint density at radius 2 is 1.58 bits per heavy atom. The third-order valence-electron chi connectivity index (χ3n) is 3.63. The van der Waals surface area contributed by atoms with Gasteiger partial charge in [-0.1, -0.05) is 39.5 Å². The van der Waals surface area contributed by atoms with Gasteiger partial charge in [0.05, 0.1) is 12.3 Å². The van der Waals surface area contributed by atoms with E-state index in [-0.39, 0.29) is 12.8 Å². The molecule has 0 radical (unpaired) electrons. The zero-order chi connectivity index (χ0) is 14.9. The van der Waals surface area contributed by atoms with Crippen molar-refractivity contribution < 1.29 is 23.9 Å². The molecule has 0 aromatic carbocycles. The Bertz CT molecular complexity index is 302. The van der Waals surface area contributed by atoms with Gasteiger partial charge in [0, 0.05) is 6.42 Å². The van der Waals surface area contributed by atoms with E-state index in [0.717, 1.165) is 25.7 Å². The number of methoxy groups -OCH3 is 1. The van der Waals surface area contributed by atoms with Crippen LogP contribution in [0, 0.1) is 0 Å². The molecule has 19 heavy (non-hydrogen) atoms. The summed E-state index contributed by atoms with van der Waals surface area (Å²) < 4.78 is 16.5. The summed E-state index contributed by atoms with van der Waals surface area (Å²) in [5.74, 6) is -0.411. The number of hydrogen-bond donors (Lipinski definition) is 2. The molecule has 0 spiro atoms. The van der Waals surface area contributed by atoms with Gasteiger partial charge in [-0.2, -0.15) is 0 Å². The number of hydrogen-bond acceptors (Lipinski definition) is 3. The second-order valence-electron chi connectivity index (χ2n) is 5.05. The van der Waals surface area contributed by atoms with Gasteiger partial charge in [-0.3, -0.25) is 9.36 Å². The second-order valence-corrected chi connectivity index (χ2v) is 7.09. The van der Waals surface area contributed by atoms with Gasteiger partial charge in [0.2, 0.25) is 0 Å². The molecular weight excluding hydrogens is 267 g/mol. The van der Waals surface area contributed by atoms with E-state index in [4.69, 9.17) is 0 Å². The highest BCUT2D eigenvalue weighted by atomic mass is 31.2. The van der Waals surface area contributed by atoms with Crippen LogP contribution in [0.2, 0.25) is 0 Å². The maximum absolute atomic E-state index is 11.9. The minimum absolute atomic E-state index is 0.0645. The second kappa shape index (κ2) is 8.72. The zero-order valence-electron chi connectivity index (χ0n) is 12.2. The van der Waals surface area contributed by atoms with Crippen molar-refractivity contribution in [1.29, 1.82) is 0 Å². The number of ether oxygens (including phenoxy) is 1. The molecule has 114 valence electrons. The molecular formula is C13H27O5P. The summed E-state index contributed by atoms with van der Waals surface area (Å²) >= 11 is 0. The number of esters is 1. The van der Waals surface area contributed by atoms with Crippen molar-refractivity contribution in [2.24, 2.45) is 0 Å². The Hall–Kier alpha value is -0.380. The molecule has 0 heterocycles. The molecule has 0 atom stereocenters. The lowest BCUT2D eigenvalue weighted by Crippen LogP contribution is -2.30. The number of rotatable bonds is 10. The van der Waals surface area contributed by atoms with Crippen LogP contribution in [0.3, 0.4) is 0 Å². The van der Waals surface area contributed by atoms with E-state index >= 15 is 0 Å². The van der Waals surface area contributed by atoms with Gasteiger partial charge in [-0.25, -0.2) is 0 Å². The van der Waals surface area contributed by atoms with Gasteiger partial charge in [0.15, 0.2) is 0 Å². The molecule has 0 fully saturated rings. The van der Waals surface area contributed by atoms with Crippen molar-refractivity contribution >= 4 is 13.6 Å². The number of carbonyl (C=O) groups is 1. The summed E-state index contributed by atoms with van der Waals surface area (Å²) in [6.45, 7) is 3.98. The molecule has 2 N–H and O–H groups in total. The highest BCUT2D eigenvalue weighted by Crippen LogP contribution is 2.58. The molecule has 0 aromatic heterocycles. The summed E-state index contributed by atoms with van der Waals surface area (Å²) in [5.41, 5.74) is 0. The fraction of sp³-hybridized carbons (Fsp3) is 0.923. The summed E-state index contributed by atoms with van der Waals surface area (Å²) in [5, 5.41) is -1.06. The molecule has 0 aliphatic rings. The molecule has 6 heteroatoms. The molecule has 0 aliphatic heterocycles. The molecule has 0 aliphatic carbocycles. The average molecular weight is 294 g/mol. The Balaban J connectivity index is 5.00. The lowest BCUT2D eigenvalue weighted by molar-refractivity contribution is -0.140. The molecule has 0 rings (SSSR count). The van der Waals surface area contributed by atoms with Gasteiger partial charge >= 0.3 is 13.6 Å². The lowest BCUT2D eigenvalue weighted by atomic mass is 9.90. The van der Waals surface area contributed by atoms with E-state index in [1.54, 1.807) is 0 Å². The highest BCUT2D eigenvalue weighted by molar-refractivity contribution is 7.53. The van der Waals surface area contributed by atoms with Crippen LogP contribution < -0.4 is 0 Å². The van der Waals surface area contributed by atoms with Crippen LogP contribution in [0.1, 0.15) is 65.2 Å². The van der Waals surface area contributed by atoms with Gasteiger partial charge < -0.3 is 14.5 Å². The summed E-state index contributed by atoms with van der Waals surface area (Å²) in [4.78, 5) is 30.7. The van der Waals surface area contributed by atoms with Crippen LogP contribution in [-0.4, -0.2) is 28.0 Å². The SMILES string of the molecule is CCCCC(CCCC)(CCC(=O)OC)P(=O)(O)O. The summed E-state index contributed by atoms with van der Waals surface area (Å²) in [7, 11) is -2.95. The van der Waals surface area contributed by atoms with Crippen LogP contribution in [0.4, 0.5) is 0 Å². The first-order valence-electron chi connectivity index (χ1n) is 6.95. The van der Waals surface area contributed by atoms with E-state index in [9.17, 15) is 19.1 Å². The Kier molecular flexibility index (Phi) is 8.55. The van der Waals surface area contributed by atoms with Crippen molar-refractivity contribution in [2.75, 3.05) is 7.11 Å². The van der Waals surface area contributed by atoms with Crippen molar-refractivity contribution in [3.05, 3.63) is 0 Å².